The molecule has 0 fully saturated rings. The van der Waals surface area contributed by atoms with Crippen LogP contribution < -0.4 is 9.47 Å². The Kier molecular flexibility index (Phi) is 5.39. The summed E-state index contributed by atoms with van der Waals surface area (Å²) in [5.41, 5.74) is -0.334. The molecule has 0 amide bonds. The molecule has 1 rings (SSSR count). The number of benzene rings is 1. The topological polar surface area (TPSA) is 89.8 Å². The SMILES string of the molecule is COc1ccc([C@](C#N)(CC#N)CCC#N)cc1OC. The lowest BCUT2D eigenvalue weighted by Gasteiger charge is -2.24. The van der Waals surface area contributed by atoms with Gasteiger partial charge in [-0.05, 0) is 24.1 Å². The molecule has 1 atom stereocenters. The minimum Gasteiger partial charge on any atom is -0.493 e. The van der Waals surface area contributed by atoms with Gasteiger partial charge in [0.25, 0.3) is 0 Å². The van der Waals surface area contributed by atoms with E-state index in [9.17, 15) is 5.26 Å². The van der Waals surface area contributed by atoms with Crippen molar-refractivity contribution in [3.8, 4) is 29.7 Å². The summed E-state index contributed by atoms with van der Waals surface area (Å²) in [4.78, 5) is 0. The Hall–Kier alpha value is -2.71. The van der Waals surface area contributed by atoms with Crippen LogP contribution in [0.4, 0.5) is 0 Å². The standard InChI is InChI=1S/C15H15N3O2/c1-19-13-5-4-12(10-14(13)20-2)15(11-18,7-9-17)6-3-8-16/h4-5,10H,3,6-7H2,1-2H3/t15-/m0/s1. The minimum absolute atomic E-state index is 0.0284. The van der Waals surface area contributed by atoms with Crippen molar-refractivity contribution in [2.75, 3.05) is 14.2 Å². The lowest BCUT2D eigenvalue weighted by molar-refractivity contribution is 0.353. The Morgan fingerprint density at radius 3 is 2.25 bits per heavy atom. The zero-order chi connectivity index (χ0) is 15.0. The third kappa shape index (κ3) is 2.99. The summed E-state index contributed by atoms with van der Waals surface area (Å²) in [6, 6.07) is 11.4. The Bertz CT molecular complexity index is 593. The second kappa shape index (κ2) is 7.02. The van der Waals surface area contributed by atoms with E-state index in [1.165, 1.54) is 14.2 Å². The molecule has 5 heteroatoms. The second-order valence-electron chi connectivity index (χ2n) is 4.26. The van der Waals surface area contributed by atoms with Crippen LogP contribution in [0.1, 0.15) is 24.8 Å². The summed E-state index contributed by atoms with van der Waals surface area (Å²) < 4.78 is 10.4. The Morgan fingerprint density at radius 2 is 1.75 bits per heavy atom. The van der Waals surface area contributed by atoms with Crippen LogP contribution in [0, 0.1) is 34.0 Å². The number of rotatable bonds is 6. The molecule has 0 radical (unpaired) electrons. The first kappa shape index (κ1) is 15.3. The van der Waals surface area contributed by atoms with Crippen molar-refractivity contribution in [2.45, 2.75) is 24.7 Å². The highest BCUT2D eigenvalue weighted by Gasteiger charge is 2.32. The van der Waals surface area contributed by atoms with Crippen molar-refractivity contribution in [3.63, 3.8) is 0 Å². The van der Waals surface area contributed by atoms with Crippen LogP contribution in [-0.4, -0.2) is 14.2 Å². The van der Waals surface area contributed by atoms with E-state index < -0.39 is 5.41 Å². The molecule has 0 bridgehead atoms. The molecule has 0 saturated carbocycles. The maximum absolute atomic E-state index is 9.50. The molecule has 1 aromatic carbocycles. The fourth-order valence-electron chi connectivity index (χ4n) is 2.03. The summed E-state index contributed by atoms with van der Waals surface area (Å²) in [5.74, 6) is 1.06. The van der Waals surface area contributed by atoms with E-state index in [4.69, 9.17) is 20.0 Å². The second-order valence-corrected chi connectivity index (χ2v) is 4.26. The van der Waals surface area contributed by atoms with Crippen molar-refractivity contribution in [1.82, 2.24) is 0 Å². The van der Waals surface area contributed by atoms with Gasteiger partial charge >= 0.3 is 0 Å². The number of methoxy groups -OCH3 is 2. The molecular formula is C15H15N3O2. The first-order chi connectivity index (χ1) is 9.67. The maximum atomic E-state index is 9.50. The zero-order valence-corrected chi connectivity index (χ0v) is 11.5. The molecule has 0 N–H and O–H groups in total. The number of nitrogens with zero attached hydrogens (tertiary/aromatic N) is 3. The lowest BCUT2D eigenvalue weighted by Crippen LogP contribution is -2.23. The Labute approximate surface area is 118 Å². The number of hydrogen-bond acceptors (Lipinski definition) is 5. The van der Waals surface area contributed by atoms with Gasteiger partial charge in [0.15, 0.2) is 11.5 Å². The van der Waals surface area contributed by atoms with Gasteiger partial charge in [0.1, 0.15) is 0 Å². The van der Waals surface area contributed by atoms with Crippen LogP contribution in [0.2, 0.25) is 0 Å². The molecule has 0 aliphatic carbocycles. The molecule has 0 saturated heterocycles. The van der Waals surface area contributed by atoms with Crippen LogP contribution >= 0.6 is 0 Å². The van der Waals surface area contributed by atoms with Crippen molar-refractivity contribution in [1.29, 1.82) is 15.8 Å². The van der Waals surface area contributed by atoms with Crippen molar-refractivity contribution in [2.24, 2.45) is 0 Å². The molecule has 0 unspecified atom stereocenters. The van der Waals surface area contributed by atoms with Crippen LogP contribution in [-0.2, 0) is 5.41 Å². The molecule has 20 heavy (non-hydrogen) atoms. The van der Waals surface area contributed by atoms with Gasteiger partial charge < -0.3 is 9.47 Å². The van der Waals surface area contributed by atoms with Crippen molar-refractivity contribution < 1.29 is 9.47 Å². The summed E-state index contributed by atoms with van der Waals surface area (Å²) in [5, 5.41) is 27.2. The van der Waals surface area contributed by atoms with Gasteiger partial charge in [-0.1, -0.05) is 6.07 Å². The summed E-state index contributed by atoms with van der Waals surface area (Å²) >= 11 is 0. The van der Waals surface area contributed by atoms with Gasteiger partial charge in [-0.25, -0.2) is 0 Å². The van der Waals surface area contributed by atoms with Crippen LogP contribution in [0.25, 0.3) is 0 Å². The number of hydrogen-bond donors (Lipinski definition) is 0. The summed E-state index contributed by atoms with van der Waals surface area (Å²) in [7, 11) is 3.04. The van der Waals surface area contributed by atoms with E-state index in [0.717, 1.165) is 0 Å². The molecule has 1 aromatic rings. The van der Waals surface area contributed by atoms with Gasteiger partial charge in [0, 0.05) is 6.42 Å². The average molecular weight is 269 g/mol. The number of nitriles is 3. The quantitative estimate of drug-likeness (QED) is 0.791. The third-order valence-corrected chi connectivity index (χ3v) is 3.19. The van der Waals surface area contributed by atoms with E-state index in [1.807, 2.05) is 12.1 Å². The van der Waals surface area contributed by atoms with E-state index in [1.54, 1.807) is 18.2 Å². The zero-order valence-electron chi connectivity index (χ0n) is 11.5. The first-order valence-corrected chi connectivity index (χ1v) is 6.05. The fraction of sp³-hybridized carbons (Fsp3) is 0.400. The van der Waals surface area contributed by atoms with Gasteiger partial charge in [0.05, 0.1) is 44.3 Å². The predicted molar refractivity (Wildman–Crippen MR) is 71.9 cm³/mol. The minimum atomic E-state index is -0.996. The van der Waals surface area contributed by atoms with Crippen LogP contribution in [0.3, 0.4) is 0 Å². The van der Waals surface area contributed by atoms with Gasteiger partial charge in [-0.3, -0.25) is 0 Å². The van der Waals surface area contributed by atoms with Gasteiger partial charge in [-0.2, -0.15) is 15.8 Å². The molecule has 0 aromatic heterocycles. The molecule has 5 nitrogen and oxygen atoms in total. The van der Waals surface area contributed by atoms with Gasteiger partial charge in [-0.15, -0.1) is 0 Å². The highest BCUT2D eigenvalue weighted by molar-refractivity contribution is 5.47. The monoisotopic (exact) mass is 269 g/mol. The predicted octanol–water partition coefficient (Wildman–Crippen LogP) is 2.68. The van der Waals surface area contributed by atoms with Crippen LogP contribution in [0.15, 0.2) is 18.2 Å². The fourth-order valence-corrected chi connectivity index (χ4v) is 2.03. The first-order valence-electron chi connectivity index (χ1n) is 6.05. The average Bonchev–Trinajstić information content (AvgIpc) is 2.50. The van der Waals surface area contributed by atoms with Crippen LogP contribution in [0.5, 0.6) is 11.5 Å². The molecular weight excluding hydrogens is 254 g/mol. The number of ether oxygens (including phenoxy) is 2. The summed E-state index contributed by atoms with van der Waals surface area (Å²) in [6.45, 7) is 0. The smallest absolute Gasteiger partial charge is 0.161 e. The largest absolute Gasteiger partial charge is 0.493 e. The van der Waals surface area contributed by atoms with Crippen molar-refractivity contribution >= 4 is 0 Å². The Morgan fingerprint density at radius 1 is 1.05 bits per heavy atom. The molecule has 0 spiro atoms. The molecule has 0 aliphatic rings. The maximum Gasteiger partial charge on any atom is 0.161 e. The normalized spacial score (nSPS) is 12.3. The molecule has 102 valence electrons. The molecule has 0 aliphatic heterocycles. The van der Waals surface area contributed by atoms with E-state index in [2.05, 4.69) is 6.07 Å². The van der Waals surface area contributed by atoms with E-state index in [0.29, 0.717) is 23.5 Å². The van der Waals surface area contributed by atoms with Gasteiger partial charge in [0.2, 0.25) is 0 Å². The van der Waals surface area contributed by atoms with Crippen molar-refractivity contribution in [3.05, 3.63) is 23.8 Å². The molecule has 0 heterocycles. The highest BCUT2D eigenvalue weighted by Crippen LogP contribution is 2.37. The lowest BCUT2D eigenvalue weighted by atomic mass is 9.75. The summed E-state index contributed by atoms with van der Waals surface area (Å²) in [6.07, 6.45) is 0.549. The third-order valence-electron chi connectivity index (χ3n) is 3.19. The highest BCUT2D eigenvalue weighted by atomic mass is 16.5. The van der Waals surface area contributed by atoms with E-state index in [-0.39, 0.29) is 12.8 Å². The van der Waals surface area contributed by atoms with E-state index >= 15 is 0 Å². The Balaban J connectivity index is 3.31.